The Morgan fingerprint density at radius 2 is 1.59 bits per heavy atom. The predicted molar refractivity (Wildman–Crippen MR) is 114 cm³/mol. The first-order valence-electron chi connectivity index (χ1n) is 10.7. The molecule has 1 aromatic carbocycles. The van der Waals surface area contributed by atoms with Crippen LogP contribution in [0.5, 0.6) is 5.75 Å². The maximum Gasteiger partial charge on any atom is 0.306 e. The molecule has 0 amide bonds. The molecular formula is C24H40O3. The summed E-state index contributed by atoms with van der Waals surface area (Å²) in [5, 5.41) is 10.5. The summed E-state index contributed by atoms with van der Waals surface area (Å²) in [6.45, 7) is 13.0. The first-order valence-corrected chi connectivity index (χ1v) is 10.7. The molecule has 1 N–H and O–H groups in total. The van der Waals surface area contributed by atoms with Crippen LogP contribution in [-0.4, -0.2) is 17.7 Å². The van der Waals surface area contributed by atoms with Crippen molar-refractivity contribution in [1.29, 1.82) is 0 Å². The summed E-state index contributed by atoms with van der Waals surface area (Å²) < 4.78 is 5.39. The lowest BCUT2D eigenvalue weighted by Crippen LogP contribution is -2.14. The number of rotatable bonds is 11. The van der Waals surface area contributed by atoms with Crippen LogP contribution in [0.2, 0.25) is 0 Å². The van der Waals surface area contributed by atoms with Gasteiger partial charge in [-0.1, -0.05) is 72.3 Å². The molecule has 0 atom stereocenters. The van der Waals surface area contributed by atoms with Crippen molar-refractivity contribution in [3.63, 3.8) is 0 Å². The second-order valence-electron chi connectivity index (χ2n) is 8.77. The number of hydrogen-bond donors (Lipinski definition) is 1. The molecule has 1 rings (SSSR count). The number of carbonyl (C=O) groups is 1. The zero-order chi connectivity index (χ0) is 20.4. The van der Waals surface area contributed by atoms with Gasteiger partial charge in [0.2, 0.25) is 0 Å². The highest BCUT2D eigenvalue weighted by molar-refractivity contribution is 5.70. The van der Waals surface area contributed by atoms with Crippen LogP contribution in [0.15, 0.2) is 6.07 Å². The van der Waals surface area contributed by atoms with Gasteiger partial charge in [-0.25, -0.2) is 0 Å². The van der Waals surface area contributed by atoms with E-state index in [1.807, 2.05) is 13.8 Å². The number of unbranched alkanes of at least 4 members (excludes halogenated alkanes) is 6. The zero-order valence-electron chi connectivity index (χ0n) is 18.4. The van der Waals surface area contributed by atoms with E-state index >= 15 is 0 Å². The number of carbonyl (C=O) groups excluding carboxylic acids is 1. The second kappa shape index (κ2) is 11.4. The summed E-state index contributed by atoms with van der Waals surface area (Å²) in [5.74, 6) is 0.258. The summed E-state index contributed by atoms with van der Waals surface area (Å²) in [6, 6.07) is 2.06. The Balaban J connectivity index is 2.45. The Kier molecular flexibility index (Phi) is 9.90. The van der Waals surface area contributed by atoms with Gasteiger partial charge >= 0.3 is 5.97 Å². The highest BCUT2D eigenvalue weighted by atomic mass is 16.5. The van der Waals surface area contributed by atoms with E-state index in [1.54, 1.807) is 0 Å². The molecule has 154 valence electrons. The Bertz CT molecular complexity index is 597. The molecule has 3 nitrogen and oxygen atoms in total. The number of benzene rings is 1. The van der Waals surface area contributed by atoms with Gasteiger partial charge < -0.3 is 9.84 Å². The number of phenols is 1. The van der Waals surface area contributed by atoms with Gasteiger partial charge in [-0.2, -0.15) is 0 Å². The van der Waals surface area contributed by atoms with Gasteiger partial charge in [0.1, 0.15) is 5.75 Å². The van der Waals surface area contributed by atoms with Crippen LogP contribution in [0.1, 0.15) is 101 Å². The molecule has 0 radical (unpaired) electrons. The molecule has 0 unspecified atom stereocenters. The molecule has 0 aromatic heterocycles. The summed E-state index contributed by atoms with van der Waals surface area (Å²) in [4.78, 5) is 12.1. The molecule has 0 aliphatic rings. The quantitative estimate of drug-likeness (QED) is 0.352. The van der Waals surface area contributed by atoms with Crippen LogP contribution in [0.3, 0.4) is 0 Å². The zero-order valence-corrected chi connectivity index (χ0v) is 18.4. The van der Waals surface area contributed by atoms with Crippen LogP contribution >= 0.6 is 0 Å². The molecule has 3 heteroatoms. The van der Waals surface area contributed by atoms with Crippen molar-refractivity contribution in [2.75, 3.05) is 6.61 Å². The summed E-state index contributed by atoms with van der Waals surface area (Å²) in [7, 11) is 0. The minimum atomic E-state index is -0.130. The maximum atomic E-state index is 12.1. The van der Waals surface area contributed by atoms with Gasteiger partial charge in [0.25, 0.3) is 0 Å². The van der Waals surface area contributed by atoms with Crippen molar-refractivity contribution in [2.45, 2.75) is 105 Å². The van der Waals surface area contributed by atoms with E-state index in [9.17, 15) is 9.90 Å². The third kappa shape index (κ3) is 7.94. The molecule has 0 aliphatic heterocycles. The summed E-state index contributed by atoms with van der Waals surface area (Å²) in [6.07, 6.45) is 9.59. The van der Waals surface area contributed by atoms with E-state index in [0.717, 1.165) is 35.1 Å². The molecule has 0 saturated heterocycles. The SMILES string of the molecule is CCCCCCCCCOC(=O)CCc1cc(C(C)(C)C)c(O)c(C)c1C. The van der Waals surface area contributed by atoms with Gasteiger partial charge in [0.05, 0.1) is 6.61 Å². The number of hydrogen-bond acceptors (Lipinski definition) is 3. The minimum Gasteiger partial charge on any atom is -0.507 e. The van der Waals surface area contributed by atoms with Gasteiger partial charge in [-0.15, -0.1) is 0 Å². The molecule has 0 bridgehead atoms. The van der Waals surface area contributed by atoms with Crippen molar-refractivity contribution in [3.8, 4) is 5.75 Å². The molecule has 0 saturated carbocycles. The average molecular weight is 377 g/mol. The van der Waals surface area contributed by atoms with Crippen LogP contribution < -0.4 is 0 Å². The van der Waals surface area contributed by atoms with Gasteiger partial charge in [-0.05, 0) is 54.4 Å². The number of ether oxygens (including phenoxy) is 1. The van der Waals surface area contributed by atoms with E-state index in [4.69, 9.17) is 4.74 Å². The Morgan fingerprint density at radius 3 is 2.19 bits per heavy atom. The third-order valence-electron chi connectivity index (χ3n) is 5.39. The highest BCUT2D eigenvalue weighted by Gasteiger charge is 2.22. The van der Waals surface area contributed by atoms with Crippen molar-refractivity contribution in [3.05, 3.63) is 28.3 Å². The van der Waals surface area contributed by atoms with E-state index in [0.29, 0.717) is 25.2 Å². The lowest BCUT2D eigenvalue weighted by atomic mass is 9.82. The number of aryl methyl sites for hydroxylation is 1. The largest absolute Gasteiger partial charge is 0.507 e. The monoisotopic (exact) mass is 376 g/mol. The topological polar surface area (TPSA) is 46.5 Å². The Hall–Kier alpha value is -1.51. The molecular weight excluding hydrogens is 336 g/mol. The van der Waals surface area contributed by atoms with Gasteiger partial charge in [0.15, 0.2) is 0 Å². The first-order chi connectivity index (χ1) is 12.7. The summed E-state index contributed by atoms with van der Waals surface area (Å²) >= 11 is 0. The van der Waals surface area contributed by atoms with Crippen molar-refractivity contribution >= 4 is 5.97 Å². The van der Waals surface area contributed by atoms with Crippen molar-refractivity contribution < 1.29 is 14.6 Å². The van der Waals surface area contributed by atoms with E-state index < -0.39 is 0 Å². The highest BCUT2D eigenvalue weighted by Crippen LogP contribution is 2.36. The second-order valence-corrected chi connectivity index (χ2v) is 8.77. The normalized spacial score (nSPS) is 11.6. The fraction of sp³-hybridized carbons (Fsp3) is 0.708. The van der Waals surface area contributed by atoms with Crippen molar-refractivity contribution in [1.82, 2.24) is 0 Å². The van der Waals surface area contributed by atoms with Crippen LogP contribution in [0.4, 0.5) is 0 Å². The lowest BCUT2D eigenvalue weighted by molar-refractivity contribution is -0.143. The first kappa shape index (κ1) is 23.5. The van der Waals surface area contributed by atoms with Crippen LogP contribution in [-0.2, 0) is 21.4 Å². The van der Waals surface area contributed by atoms with E-state index in [1.165, 1.54) is 32.1 Å². The standard InChI is InChI=1S/C24H40O3/c1-7-8-9-10-11-12-13-16-27-22(25)15-14-20-17-21(24(4,5)6)23(26)19(3)18(20)2/h17,26H,7-16H2,1-6H3. The Morgan fingerprint density at radius 1 is 1.00 bits per heavy atom. The van der Waals surface area contributed by atoms with Crippen LogP contribution in [0.25, 0.3) is 0 Å². The molecule has 0 fully saturated rings. The smallest absolute Gasteiger partial charge is 0.306 e. The number of phenolic OH excluding ortho intramolecular Hbond substituents is 1. The number of esters is 1. The van der Waals surface area contributed by atoms with Gasteiger partial charge in [0, 0.05) is 6.42 Å². The fourth-order valence-corrected chi connectivity index (χ4v) is 3.36. The molecule has 27 heavy (non-hydrogen) atoms. The molecule has 0 spiro atoms. The van der Waals surface area contributed by atoms with Crippen LogP contribution in [0, 0.1) is 13.8 Å². The van der Waals surface area contributed by atoms with Crippen molar-refractivity contribution in [2.24, 2.45) is 0 Å². The van der Waals surface area contributed by atoms with Gasteiger partial charge in [-0.3, -0.25) is 4.79 Å². The predicted octanol–water partition coefficient (Wildman–Crippen LogP) is 6.53. The number of aromatic hydroxyl groups is 1. The van der Waals surface area contributed by atoms with E-state index in [-0.39, 0.29) is 11.4 Å². The molecule has 1 aromatic rings. The van der Waals surface area contributed by atoms with E-state index in [2.05, 4.69) is 33.8 Å². The summed E-state index contributed by atoms with van der Waals surface area (Å²) in [5.41, 5.74) is 3.92. The Labute approximate surface area is 166 Å². The maximum absolute atomic E-state index is 12.1. The molecule has 0 heterocycles. The molecule has 0 aliphatic carbocycles. The average Bonchev–Trinajstić information content (AvgIpc) is 2.60. The third-order valence-corrected chi connectivity index (χ3v) is 5.39. The minimum absolute atomic E-state index is 0.122. The lowest BCUT2D eigenvalue weighted by Gasteiger charge is -2.24. The fourth-order valence-electron chi connectivity index (χ4n) is 3.36.